The van der Waals surface area contributed by atoms with Gasteiger partial charge in [0.15, 0.2) is 8.32 Å². The number of nitrogens with zero attached hydrogens (tertiary/aromatic N) is 2. The highest BCUT2D eigenvalue weighted by molar-refractivity contribution is 6.74. The molecule has 2 fully saturated rings. The maximum Gasteiger partial charge on any atom is 0.502 e. The van der Waals surface area contributed by atoms with E-state index in [-0.39, 0.29) is 16.2 Å². The summed E-state index contributed by atoms with van der Waals surface area (Å²) in [7, 11) is -0.528. The van der Waals surface area contributed by atoms with Gasteiger partial charge in [-0.15, -0.1) is 5.10 Å². The van der Waals surface area contributed by atoms with Crippen LogP contribution in [0.25, 0.3) is 0 Å². The number of aromatic nitrogens is 2. The van der Waals surface area contributed by atoms with Crippen LogP contribution in [0.3, 0.4) is 0 Å². The van der Waals surface area contributed by atoms with Gasteiger partial charge in [0, 0.05) is 12.3 Å². The van der Waals surface area contributed by atoms with E-state index in [9.17, 15) is 0 Å². The van der Waals surface area contributed by atoms with Crippen LogP contribution in [-0.4, -0.2) is 49.6 Å². The van der Waals surface area contributed by atoms with Gasteiger partial charge in [-0.25, -0.2) is 0 Å². The van der Waals surface area contributed by atoms with E-state index in [0.717, 1.165) is 31.1 Å². The van der Waals surface area contributed by atoms with Gasteiger partial charge in [0.25, 0.3) is 0 Å². The fourth-order valence-electron chi connectivity index (χ4n) is 3.89. The number of rotatable bonds is 5. The molecule has 1 aliphatic carbocycles. The van der Waals surface area contributed by atoms with Crippen LogP contribution in [0.5, 0.6) is 5.88 Å². The molecular weight excluding hydrogens is 395 g/mol. The Labute approximate surface area is 184 Å². The SMILES string of the molecule is COc1nn(C2CCC(O[Si](C)(C)C(C)(C)C)CC2)cc1B1OC(C)(C)C(C)(C)O1. The minimum absolute atomic E-state index is 0.247. The summed E-state index contributed by atoms with van der Waals surface area (Å²) in [5, 5.41) is 4.98. The number of hydrogen-bond donors (Lipinski definition) is 0. The lowest BCUT2D eigenvalue weighted by molar-refractivity contribution is 0.00578. The normalized spacial score (nSPS) is 26.8. The first-order valence-corrected chi connectivity index (χ1v) is 14.2. The Morgan fingerprint density at radius 3 is 2.07 bits per heavy atom. The van der Waals surface area contributed by atoms with Crippen LogP contribution >= 0.6 is 0 Å². The summed E-state index contributed by atoms with van der Waals surface area (Å²) in [6.07, 6.45) is 6.69. The quantitative estimate of drug-likeness (QED) is 0.627. The second-order valence-corrected chi connectivity index (χ2v) is 16.2. The zero-order valence-electron chi connectivity index (χ0n) is 20.7. The van der Waals surface area contributed by atoms with Gasteiger partial charge in [0.2, 0.25) is 5.88 Å². The molecule has 3 rings (SSSR count). The van der Waals surface area contributed by atoms with Gasteiger partial charge in [-0.05, 0) is 71.5 Å². The highest BCUT2D eigenvalue weighted by Gasteiger charge is 2.53. The molecule has 0 unspecified atom stereocenters. The van der Waals surface area contributed by atoms with Gasteiger partial charge in [-0.1, -0.05) is 20.8 Å². The van der Waals surface area contributed by atoms with Crippen molar-refractivity contribution in [3.05, 3.63) is 6.20 Å². The Hall–Kier alpha value is -0.828. The van der Waals surface area contributed by atoms with Gasteiger partial charge in [-0.2, -0.15) is 0 Å². The van der Waals surface area contributed by atoms with Crippen molar-refractivity contribution in [2.75, 3.05) is 7.11 Å². The maximum atomic E-state index is 6.65. The Morgan fingerprint density at radius 1 is 1.07 bits per heavy atom. The molecule has 1 aromatic rings. The maximum absolute atomic E-state index is 6.65. The molecule has 2 heterocycles. The first kappa shape index (κ1) is 23.8. The van der Waals surface area contributed by atoms with E-state index in [1.54, 1.807) is 7.11 Å². The standard InChI is InChI=1S/C22H41BN2O4Si/c1-20(2,3)30(9,10)27-17-13-11-16(12-14-17)25-15-18(19(24-25)26-8)23-28-21(4,5)22(6,7)29-23/h15-17H,11-14H2,1-10H3. The second-order valence-electron chi connectivity index (χ2n) is 11.5. The molecular formula is C22H41BN2O4Si. The molecule has 2 aliphatic rings. The summed E-state index contributed by atoms with van der Waals surface area (Å²) in [6, 6.07) is 0.356. The average Bonchev–Trinajstić information content (AvgIpc) is 3.12. The molecule has 6 nitrogen and oxygen atoms in total. The van der Waals surface area contributed by atoms with Gasteiger partial charge >= 0.3 is 7.12 Å². The van der Waals surface area contributed by atoms with Gasteiger partial charge in [0.05, 0.1) is 29.8 Å². The summed E-state index contributed by atoms with van der Waals surface area (Å²) >= 11 is 0. The molecule has 8 heteroatoms. The van der Waals surface area contributed by atoms with E-state index < -0.39 is 15.4 Å². The molecule has 1 saturated carbocycles. The third kappa shape index (κ3) is 4.52. The van der Waals surface area contributed by atoms with E-state index >= 15 is 0 Å². The van der Waals surface area contributed by atoms with Crippen LogP contribution in [0.4, 0.5) is 0 Å². The van der Waals surface area contributed by atoms with Gasteiger partial charge in [-0.3, -0.25) is 4.68 Å². The second kappa shape index (κ2) is 7.94. The number of methoxy groups -OCH3 is 1. The topological polar surface area (TPSA) is 54.7 Å². The average molecular weight is 436 g/mol. The van der Waals surface area contributed by atoms with Crippen molar-refractivity contribution in [3.8, 4) is 5.88 Å². The van der Waals surface area contributed by atoms with Crippen molar-refractivity contribution < 1.29 is 18.5 Å². The lowest BCUT2D eigenvalue weighted by Gasteiger charge is -2.41. The van der Waals surface area contributed by atoms with Crippen molar-refractivity contribution in [2.45, 2.75) is 116 Å². The van der Waals surface area contributed by atoms with E-state index in [1.807, 2.05) is 0 Å². The summed E-state index contributed by atoms with van der Waals surface area (Å²) in [4.78, 5) is 0. The van der Waals surface area contributed by atoms with Crippen molar-refractivity contribution in [2.24, 2.45) is 0 Å². The lowest BCUT2D eigenvalue weighted by Crippen LogP contribution is -2.44. The predicted octanol–water partition coefficient (Wildman–Crippen LogP) is 4.70. The molecule has 0 aromatic carbocycles. The van der Waals surface area contributed by atoms with Crippen LogP contribution in [0.15, 0.2) is 6.20 Å². The fraction of sp³-hybridized carbons (Fsp3) is 0.864. The van der Waals surface area contributed by atoms with Crippen LogP contribution in [-0.2, 0) is 13.7 Å². The fourth-order valence-corrected chi connectivity index (χ4v) is 5.31. The van der Waals surface area contributed by atoms with Crippen molar-refractivity contribution in [3.63, 3.8) is 0 Å². The smallest absolute Gasteiger partial charge is 0.480 e. The molecule has 1 saturated heterocycles. The van der Waals surface area contributed by atoms with Crippen LogP contribution in [0.2, 0.25) is 18.1 Å². The monoisotopic (exact) mass is 436 g/mol. The molecule has 0 radical (unpaired) electrons. The summed E-state index contributed by atoms with van der Waals surface area (Å²) < 4.78 is 26.7. The van der Waals surface area contributed by atoms with Gasteiger partial charge < -0.3 is 18.5 Å². The Balaban J connectivity index is 1.68. The van der Waals surface area contributed by atoms with Crippen LogP contribution < -0.4 is 10.2 Å². The lowest BCUT2D eigenvalue weighted by atomic mass is 9.81. The van der Waals surface area contributed by atoms with Crippen molar-refractivity contribution in [1.82, 2.24) is 9.78 Å². The Kier molecular flexibility index (Phi) is 6.31. The summed E-state index contributed by atoms with van der Waals surface area (Å²) in [6.45, 7) is 19.8. The first-order chi connectivity index (χ1) is 13.7. The molecule has 0 bridgehead atoms. The minimum Gasteiger partial charge on any atom is -0.480 e. The van der Waals surface area contributed by atoms with Crippen molar-refractivity contribution >= 4 is 20.9 Å². The molecule has 1 aromatic heterocycles. The Bertz CT molecular complexity index is 733. The zero-order chi connectivity index (χ0) is 22.5. The van der Waals surface area contributed by atoms with Crippen LogP contribution in [0.1, 0.15) is 80.2 Å². The molecule has 0 N–H and O–H groups in total. The predicted molar refractivity (Wildman–Crippen MR) is 124 cm³/mol. The van der Waals surface area contributed by atoms with E-state index in [1.165, 1.54) is 0 Å². The van der Waals surface area contributed by atoms with Crippen LogP contribution in [0, 0.1) is 0 Å². The third-order valence-corrected chi connectivity index (χ3v) is 12.2. The number of hydrogen-bond acceptors (Lipinski definition) is 5. The molecule has 0 amide bonds. The number of ether oxygens (including phenoxy) is 1. The molecule has 170 valence electrons. The largest absolute Gasteiger partial charge is 0.502 e. The minimum atomic E-state index is -1.72. The van der Waals surface area contributed by atoms with Gasteiger partial charge in [0.1, 0.15) is 0 Å². The van der Waals surface area contributed by atoms with E-state index in [4.69, 9.17) is 23.6 Å². The molecule has 30 heavy (non-hydrogen) atoms. The summed E-state index contributed by atoms with van der Waals surface area (Å²) in [5.74, 6) is 0.591. The first-order valence-electron chi connectivity index (χ1n) is 11.3. The van der Waals surface area contributed by atoms with Crippen molar-refractivity contribution in [1.29, 1.82) is 0 Å². The Morgan fingerprint density at radius 2 is 1.60 bits per heavy atom. The molecule has 1 aliphatic heterocycles. The summed E-state index contributed by atoms with van der Waals surface area (Å²) in [5.41, 5.74) is 0.101. The molecule has 0 spiro atoms. The molecule has 0 atom stereocenters. The highest BCUT2D eigenvalue weighted by Crippen LogP contribution is 2.41. The van der Waals surface area contributed by atoms with E-state index in [0.29, 0.717) is 18.0 Å². The van der Waals surface area contributed by atoms with E-state index in [2.05, 4.69) is 72.4 Å². The highest BCUT2D eigenvalue weighted by atomic mass is 28.4. The third-order valence-electron chi connectivity index (χ3n) is 7.71. The zero-order valence-corrected chi connectivity index (χ0v) is 21.7.